The molecule has 0 amide bonds. The maximum Gasteiger partial charge on any atom is 0.308 e. The normalized spacial score (nSPS) is 25.6. The van der Waals surface area contributed by atoms with E-state index in [4.69, 9.17) is 0 Å². The van der Waals surface area contributed by atoms with E-state index in [2.05, 4.69) is 4.74 Å². The molecule has 0 N–H and O–H groups in total. The van der Waals surface area contributed by atoms with Crippen molar-refractivity contribution in [1.82, 2.24) is 0 Å². The lowest BCUT2D eigenvalue weighted by Crippen LogP contribution is -2.23. The summed E-state index contributed by atoms with van der Waals surface area (Å²) in [5, 5.41) is 0. The Hall–Kier alpha value is -0.860. The van der Waals surface area contributed by atoms with Gasteiger partial charge in [-0.05, 0) is 25.7 Å². The van der Waals surface area contributed by atoms with Crippen molar-refractivity contribution in [2.24, 2.45) is 11.8 Å². The van der Waals surface area contributed by atoms with Crippen molar-refractivity contribution in [3.63, 3.8) is 0 Å². The second-order valence-electron chi connectivity index (χ2n) is 3.27. The van der Waals surface area contributed by atoms with Gasteiger partial charge in [-0.15, -0.1) is 0 Å². The monoisotopic (exact) mass is 200 g/mol. The van der Waals surface area contributed by atoms with Crippen LogP contribution in [0.25, 0.3) is 0 Å². The quantitative estimate of drug-likeness (QED) is 0.507. The van der Waals surface area contributed by atoms with E-state index >= 15 is 0 Å². The van der Waals surface area contributed by atoms with Crippen LogP contribution in [0.1, 0.15) is 39.5 Å². The molecule has 1 saturated carbocycles. The van der Waals surface area contributed by atoms with E-state index < -0.39 is 0 Å². The molecule has 1 rings (SSSR count). The van der Waals surface area contributed by atoms with E-state index in [9.17, 15) is 9.59 Å². The van der Waals surface area contributed by atoms with Gasteiger partial charge < -0.3 is 9.53 Å². The predicted octanol–water partition coefficient (Wildman–Crippen LogP) is 2.19. The van der Waals surface area contributed by atoms with Gasteiger partial charge in [0.2, 0.25) is 0 Å². The van der Waals surface area contributed by atoms with Crippen LogP contribution >= 0.6 is 0 Å². The molecule has 82 valence electrons. The summed E-state index contributed by atoms with van der Waals surface area (Å²) in [5.41, 5.74) is 0. The van der Waals surface area contributed by atoms with Gasteiger partial charge in [-0.1, -0.05) is 13.8 Å². The summed E-state index contributed by atoms with van der Waals surface area (Å²) in [4.78, 5) is 21.4. The first-order chi connectivity index (χ1) is 6.77. The van der Waals surface area contributed by atoms with Crippen LogP contribution < -0.4 is 0 Å². The Morgan fingerprint density at radius 2 is 1.71 bits per heavy atom. The molecule has 1 aliphatic carbocycles. The SMILES string of the molecule is CC.COC(=O)C1CCC(C=O)CC1. The number of rotatable bonds is 2. The van der Waals surface area contributed by atoms with Gasteiger partial charge in [0.1, 0.15) is 6.29 Å². The summed E-state index contributed by atoms with van der Waals surface area (Å²) < 4.78 is 4.63. The number of aldehydes is 1. The Labute approximate surface area is 85.8 Å². The first kappa shape index (κ1) is 13.1. The molecule has 0 atom stereocenters. The van der Waals surface area contributed by atoms with Crippen molar-refractivity contribution >= 4 is 12.3 Å². The summed E-state index contributed by atoms with van der Waals surface area (Å²) >= 11 is 0. The maximum absolute atomic E-state index is 11.1. The zero-order valence-electron chi connectivity index (χ0n) is 9.29. The van der Waals surface area contributed by atoms with E-state index in [-0.39, 0.29) is 17.8 Å². The second-order valence-corrected chi connectivity index (χ2v) is 3.27. The summed E-state index contributed by atoms with van der Waals surface area (Å²) in [6, 6.07) is 0. The van der Waals surface area contributed by atoms with Crippen molar-refractivity contribution in [3.05, 3.63) is 0 Å². The molecule has 0 aromatic carbocycles. The molecule has 0 aliphatic heterocycles. The van der Waals surface area contributed by atoms with Crippen LogP contribution in [0.3, 0.4) is 0 Å². The van der Waals surface area contributed by atoms with Crippen LogP contribution in [-0.4, -0.2) is 19.4 Å². The van der Waals surface area contributed by atoms with Crippen LogP contribution in [0.15, 0.2) is 0 Å². The highest BCUT2D eigenvalue weighted by atomic mass is 16.5. The van der Waals surface area contributed by atoms with Gasteiger partial charge in [-0.25, -0.2) is 0 Å². The fraction of sp³-hybridized carbons (Fsp3) is 0.818. The highest BCUT2D eigenvalue weighted by Gasteiger charge is 2.26. The molecule has 0 aromatic rings. The summed E-state index contributed by atoms with van der Waals surface area (Å²) in [6.45, 7) is 4.00. The molecule has 3 heteroatoms. The van der Waals surface area contributed by atoms with Crippen LogP contribution in [-0.2, 0) is 14.3 Å². The smallest absolute Gasteiger partial charge is 0.308 e. The van der Waals surface area contributed by atoms with E-state index in [0.29, 0.717) is 0 Å². The number of carbonyl (C=O) groups is 2. The summed E-state index contributed by atoms with van der Waals surface area (Å²) in [7, 11) is 1.41. The van der Waals surface area contributed by atoms with E-state index in [0.717, 1.165) is 32.0 Å². The average Bonchev–Trinajstić information content (AvgIpc) is 2.31. The first-order valence-corrected chi connectivity index (χ1v) is 5.31. The molecule has 3 nitrogen and oxygen atoms in total. The zero-order chi connectivity index (χ0) is 11.0. The molecule has 0 radical (unpaired) electrons. The van der Waals surface area contributed by atoms with Crippen molar-refractivity contribution in [2.45, 2.75) is 39.5 Å². The van der Waals surface area contributed by atoms with Gasteiger partial charge in [0.05, 0.1) is 13.0 Å². The summed E-state index contributed by atoms with van der Waals surface area (Å²) in [6.07, 6.45) is 4.27. The molecular formula is C11H20O3. The third-order valence-electron chi connectivity index (χ3n) is 2.50. The van der Waals surface area contributed by atoms with Gasteiger partial charge in [0, 0.05) is 5.92 Å². The lowest BCUT2D eigenvalue weighted by atomic mass is 9.83. The van der Waals surface area contributed by atoms with Gasteiger partial charge in [0.15, 0.2) is 0 Å². The van der Waals surface area contributed by atoms with Crippen LogP contribution in [0.4, 0.5) is 0 Å². The van der Waals surface area contributed by atoms with Gasteiger partial charge in [-0.2, -0.15) is 0 Å². The van der Waals surface area contributed by atoms with Crippen LogP contribution in [0.2, 0.25) is 0 Å². The van der Waals surface area contributed by atoms with E-state index in [1.165, 1.54) is 7.11 Å². The molecule has 0 spiro atoms. The average molecular weight is 200 g/mol. The minimum Gasteiger partial charge on any atom is -0.469 e. The third kappa shape index (κ3) is 3.90. The van der Waals surface area contributed by atoms with Crippen molar-refractivity contribution in [3.8, 4) is 0 Å². The van der Waals surface area contributed by atoms with Crippen molar-refractivity contribution in [1.29, 1.82) is 0 Å². The highest BCUT2D eigenvalue weighted by Crippen LogP contribution is 2.27. The maximum atomic E-state index is 11.1. The molecule has 0 bridgehead atoms. The van der Waals surface area contributed by atoms with Gasteiger partial charge >= 0.3 is 5.97 Å². The molecular weight excluding hydrogens is 180 g/mol. The molecule has 1 fully saturated rings. The minimum atomic E-state index is -0.126. The lowest BCUT2D eigenvalue weighted by Gasteiger charge is -2.22. The zero-order valence-corrected chi connectivity index (χ0v) is 9.29. The first-order valence-electron chi connectivity index (χ1n) is 5.31. The number of hydrogen-bond donors (Lipinski definition) is 0. The Bertz CT molecular complexity index is 169. The molecule has 14 heavy (non-hydrogen) atoms. The van der Waals surface area contributed by atoms with Gasteiger partial charge in [-0.3, -0.25) is 4.79 Å². The number of methoxy groups -OCH3 is 1. The standard InChI is InChI=1S/C9H14O3.C2H6/c1-12-9(11)8-4-2-7(6-10)3-5-8;1-2/h6-8H,2-5H2,1H3;1-2H3. The fourth-order valence-electron chi connectivity index (χ4n) is 1.66. The van der Waals surface area contributed by atoms with Gasteiger partial charge in [0.25, 0.3) is 0 Å². The fourth-order valence-corrected chi connectivity index (χ4v) is 1.66. The summed E-state index contributed by atoms with van der Waals surface area (Å²) in [5.74, 6) is 0.0801. The lowest BCUT2D eigenvalue weighted by molar-refractivity contribution is -0.147. The molecule has 0 saturated heterocycles. The Morgan fingerprint density at radius 3 is 2.07 bits per heavy atom. The molecule has 1 aliphatic rings. The Morgan fingerprint density at radius 1 is 1.21 bits per heavy atom. The predicted molar refractivity (Wildman–Crippen MR) is 54.9 cm³/mol. The highest BCUT2D eigenvalue weighted by molar-refractivity contribution is 5.72. The molecule has 0 unspecified atom stereocenters. The number of esters is 1. The molecule has 0 heterocycles. The molecule has 0 aromatic heterocycles. The third-order valence-corrected chi connectivity index (χ3v) is 2.50. The Balaban J connectivity index is 0.000000791. The Kier molecular flexibility index (Phi) is 7.07. The second kappa shape index (κ2) is 7.54. The van der Waals surface area contributed by atoms with Crippen molar-refractivity contribution in [2.75, 3.05) is 7.11 Å². The minimum absolute atomic E-state index is 0.0335. The van der Waals surface area contributed by atoms with Crippen LogP contribution in [0, 0.1) is 11.8 Å². The number of hydrogen-bond acceptors (Lipinski definition) is 3. The topological polar surface area (TPSA) is 43.4 Å². The number of ether oxygens (including phenoxy) is 1. The van der Waals surface area contributed by atoms with Crippen molar-refractivity contribution < 1.29 is 14.3 Å². The van der Waals surface area contributed by atoms with Crippen LogP contribution in [0.5, 0.6) is 0 Å². The number of carbonyl (C=O) groups excluding carboxylic acids is 2. The van der Waals surface area contributed by atoms with E-state index in [1.54, 1.807) is 0 Å². The van der Waals surface area contributed by atoms with E-state index in [1.807, 2.05) is 13.8 Å². The largest absolute Gasteiger partial charge is 0.469 e.